The molecule has 140 valence electrons. The summed E-state index contributed by atoms with van der Waals surface area (Å²) >= 11 is 0. The van der Waals surface area contributed by atoms with Crippen molar-refractivity contribution in [2.45, 2.75) is 18.9 Å². The van der Waals surface area contributed by atoms with Crippen LogP contribution >= 0.6 is 0 Å². The zero-order chi connectivity index (χ0) is 19.0. The predicted octanol–water partition coefficient (Wildman–Crippen LogP) is 1.34. The first-order valence-electron chi connectivity index (χ1n) is 8.91. The van der Waals surface area contributed by atoms with Gasteiger partial charge in [-0.1, -0.05) is 0 Å². The van der Waals surface area contributed by atoms with Gasteiger partial charge in [0, 0.05) is 44.6 Å². The molecule has 27 heavy (non-hydrogen) atoms. The molecule has 0 radical (unpaired) electrons. The number of aryl methyl sites for hydroxylation is 1. The molecule has 0 amide bonds. The molecule has 8 nitrogen and oxygen atoms in total. The summed E-state index contributed by atoms with van der Waals surface area (Å²) in [6, 6.07) is 7.20. The summed E-state index contributed by atoms with van der Waals surface area (Å²) in [5, 5.41) is 0. The molecule has 0 spiro atoms. The second kappa shape index (κ2) is 6.86. The van der Waals surface area contributed by atoms with Crippen LogP contribution in [0.15, 0.2) is 46.2 Å². The number of anilines is 1. The van der Waals surface area contributed by atoms with E-state index < -0.39 is 11.1 Å². The number of hydrogen-bond acceptors (Lipinski definition) is 6. The fourth-order valence-corrected chi connectivity index (χ4v) is 3.71. The van der Waals surface area contributed by atoms with Crippen LogP contribution in [-0.2, 0) is 7.05 Å². The van der Waals surface area contributed by atoms with E-state index >= 15 is 0 Å². The first-order chi connectivity index (χ1) is 13.1. The van der Waals surface area contributed by atoms with Crippen molar-refractivity contribution < 1.29 is 4.74 Å². The van der Waals surface area contributed by atoms with Crippen LogP contribution in [0.1, 0.15) is 18.9 Å². The Kier molecular flexibility index (Phi) is 4.39. The van der Waals surface area contributed by atoms with Gasteiger partial charge in [-0.3, -0.25) is 14.2 Å². The third kappa shape index (κ3) is 2.97. The minimum atomic E-state index is -0.524. The first kappa shape index (κ1) is 17.3. The lowest BCUT2D eigenvalue weighted by Gasteiger charge is -2.33. The van der Waals surface area contributed by atoms with Crippen molar-refractivity contribution in [1.82, 2.24) is 19.1 Å². The Morgan fingerprint density at radius 1 is 1.04 bits per heavy atom. The first-order valence-corrected chi connectivity index (χ1v) is 8.91. The minimum absolute atomic E-state index is 0.0396. The number of nitrogens with zero attached hydrogens (tertiary/aromatic N) is 5. The van der Waals surface area contributed by atoms with Gasteiger partial charge in [0.25, 0.3) is 0 Å². The third-order valence-corrected chi connectivity index (χ3v) is 5.17. The van der Waals surface area contributed by atoms with Crippen LogP contribution in [0.25, 0.3) is 11.0 Å². The molecule has 8 heteroatoms. The zero-order valence-corrected chi connectivity index (χ0v) is 15.3. The second-order valence-electron chi connectivity index (χ2n) is 6.66. The van der Waals surface area contributed by atoms with E-state index in [1.54, 1.807) is 43.3 Å². The summed E-state index contributed by atoms with van der Waals surface area (Å²) in [6.07, 6.45) is 4.93. The number of benzene rings is 1. The van der Waals surface area contributed by atoms with Crippen LogP contribution in [0.2, 0.25) is 0 Å². The van der Waals surface area contributed by atoms with Crippen molar-refractivity contribution in [1.29, 1.82) is 0 Å². The average Bonchev–Trinajstić information content (AvgIpc) is 2.73. The van der Waals surface area contributed by atoms with E-state index in [0.29, 0.717) is 17.2 Å². The molecule has 1 fully saturated rings. The molecule has 1 aliphatic heterocycles. The lowest BCUT2D eigenvalue weighted by molar-refractivity contribution is 0.390. The Bertz CT molecular complexity index is 1080. The summed E-state index contributed by atoms with van der Waals surface area (Å²) in [5.41, 5.74) is 0.430. The van der Waals surface area contributed by atoms with E-state index in [0.717, 1.165) is 31.4 Å². The van der Waals surface area contributed by atoms with Gasteiger partial charge >= 0.3 is 11.1 Å². The Hall–Kier alpha value is -3.16. The molecule has 0 unspecified atom stereocenters. The van der Waals surface area contributed by atoms with E-state index in [2.05, 4.69) is 14.9 Å². The van der Waals surface area contributed by atoms with Gasteiger partial charge in [-0.05, 0) is 31.0 Å². The highest BCUT2D eigenvalue weighted by molar-refractivity contribution is 5.77. The van der Waals surface area contributed by atoms with Gasteiger partial charge in [-0.15, -0.1) is 0 Å². The molecule has 1 aliphatic rings. The number of ether oxygens (including phenoxy) is 1. The highest BCUT2D eigenvalue weighted by Crippen LogP contribution is 2.27. The molecule has 1 aromatic carbocycles. The Morgan fingerprint density at radius 3 is 2.41 bits per heavy atom. The van der Waals surface area contributed by atoms with Gasteiger partial charge in [0.1, 0.15) is 5.75 Å². The fourth-order valence-electron chi connectivity index (χ4n) is 3.71. The van der Waals surface area contributed by atoms with Crippen molar-refractivity contribution in [3.8, 4) is 5.75 Å². The van der Waals surface area contributed by atoms with E-state index in [1.165, 1.54) is 4.57 Å². The molecule has 3 aromatic rings. The average molecular weight is 367 g/mol. The topological polar surface area (TPSA) is 82.2 Å². The quantitative estimate of drug-likeness (QED) is 0.650. The third-order valence-electron chi connectivity index (χ3n) is 5.17. The molecular weight excluding hydrogens is 346 g/mol. The Labute approximate surface area is 155 Å². The van der Waals surface area contributed by atoms with E-state index in [9.17, 15) is 9.59 Å². The van der Waals surface area contributed by atoms with Gasteiger partial charge in [0.15, 0.2) is 0 Å². The maximum atomic E-state index is 12.8. The summed E-state index contributed by atoms with van der Waals surface area (Å²) < 4.78 is 8.32. The lowest BCUT2D eigenvalue weighted by atomic mass is 10.0. The van der Waals surface area contributed by atoms with E-state index in [1.807, 2.05) is 12.1 Å². The molecule has 0 bridgehead atoms. The lowest BCUT2D eigenvalue weighted by Crippen LogP contribution is -2.45. The number of aromatic nitrogens is 4. The summed E-state index contributed by atoms with van der Waals surface area (Å²) in [6.45, 7) is 1.46. The number of methoxy groups -OCH3 is 1. The molecule has 0 N–H and O–H groups in total. The fraction of sp³-hybridized carbons (Fsp3) is 0.368. The number of piperidine rings is 1. The normalized spacial score (nSPS) is 15.3. The molecule has 0 saturated carbocycles. The molecular formula is C19H21N5O3. The highest BCUT2D eigenvalue weighted by atomic mass is 16.5. The molecule has 4 rings (SSSR count). The van der Waals surface area contributed by atoms with E-state index in [4.69, 9.17) is 4.74 Å². The van der Waals surface area contributed by atoms with Gasteiger partial charge in [-0.2, -0.15) is 0 Å². The largest absolute Gasteiger partial charge is 0.497 e. The molecule has 3 heterocycles. The maximum absolute atomic E-state index is 12.8. The van der Waals surface area contributed by atoms with Crippen LogP contribution < -0.4 is 20.8 Å². The number of rotatable bonds is 3. The van der Waals surface area contributed by atoms with Crippen molar-refractivity contribution in [2.75, 3.05) is 25.1 Å². The van der Waals surface area contributed by atoms with Crippen LogP contribution in [-0.4, -0.2) is 39.3 Å². The van der Waals surface area contributed by atoms with Crippen molar-refractivity contribution in [3.05, 3.63) is 57.4 Å². The van der Waals surface area contributed by atoms with Crippen molar-refractivity contribution in [2.24, 2.45) is 7.05 Å². The monoisotopic (exact) mass is 367 g/mol. The maximum Gasteiger partial charge on any atom is 0.317 e. The number of fused-ring (bicyclic) bond motifs is 1. The smallest absolute Gasteiger partial charge is 0.317 e. The summed E-state index contributed by atoms with van der Waals surface area (Å²) in [4.78, 5) is 35.9. The van der Waals surface area contributed by atoms with Crippen molar-refractivity contribution in [3.63, 3.8) is 0 Å². The summed E-state index contributed by atoms with van der Waals surface area (Å²) in [5.74, 6) is 1.35. The standard InChI is InChI=1S/C19H21N5O3/c1-22-16-12-14(27-2)4-5-15(16)24(18(26)17(22)25)13-6-10-23(11-7-13)19-20-8-3-9-21-19/h3-5,8-9,12-13H,6-7,10-11H2,1-2H3. The van der Waals surface area contributed by atoms with Gasteiger partial charge in [0.05, 0.1) is 18.1 Å². The summed E-state index contributed by atoms with van der Waals surface area (Å²) in [7, 11) is 3.20. The van der Waals surface area contributed by atoms with Crippen LogP contribution in [0.3, 0.4) is 0 Å². The van der Waals surface area contributed by atoms with Crippen LogP contribution in [0.4, 0.5) is 5.95 Å². The van der Waals surface area contributed by atoms with Crippen LogP contribution in [0.5, 0.6) is 5.75 Å². The van der Waals surface area contributed by atoms with Gasteiger partial charge in [-0.25, -0.2) is 9.97 Å². The van der Waals surface area contributed by atoms with Gasteiger partial charge in [0.2, 0.25) is 5.95 Å². The van der Waals surface area contributed by atoms with Gasteiger partial charge < -0.3 is 14.2 Å². The Balaban J connectivity index is 1.72. The predicted molar refractivity (Wildman–Crippen MR) is 103 cm³/mol. The highest BCUT2D eigenvalue weighted by Gasteiger charge is 2.25. The zero-order valence-electron chi connectivity index (χ0n) is 15.3. The SMILES string of the molecule is COc1ccc2c(c1)n(C)c(=O)c(=O)n2C1CCN(c2ncccn2)CC1. The Morgan fingerprint density at radius 2 is 1.74 bits per heavy atom. The second-order valence-corrected chi connectivity index (χ2v) is 6.66. The minimum Gasteiger partial charge on any atom is -0.497 e. The van der Waals surface area contributed by atoms with E-state index in [-0.39, 0.29) is 6.04 Å². The van der Waals surface area contributed by atoms with Crippen LogP contribution in [0, 0.1) is 0 Å². The molecule has 2 aromatic heterocycles. The molecule has 0 aliphatic carbocycles. The molecule has 0 atom stereocenters. The molecule has 1 saturated heterocycles. The van der Waals surface area contributed by atoms with Crippen molar-refractivity contribution >= 4 is 17.0 Å². The number of hydrogen-bond donors (Lipinski definition) is 0.